The van der Waals surface area contributed by atoms with Gasteiger partial charge < -0.3 is 28.4 Å². The molecule has 4 aliphatic rings. The third-order valence-corrected chi connectivity index (χ3v) is 24.9. The first-order valence-electron chi connectivity index (χ1n) is 32.9. The van der Waals surface area contributed by atoms with Gasteiger partial charge >= 0.3 is 11.9 Å². The van der Waals surface area contributed by atoms with Gasteiger partial charge in [-0.1, -0.05) is 92.4 Å². The Morgan fingerprint density at radius 1 is 0.522 bits per heavy atom. The van der Waals surface area contributed by atoms with Crippen molar-refractivity contribution in [2.75, 3.05) is 26.4 Å². The largest absolute Gasteiger partial charge is 0.460 e. The van der Waals surface area contributed by atoms with Crippen LogP contribution < -0.4 is 0 Å². The van der Waals surface area contributed by atoms with Gasteiger partial charge in [0.2, 0.25) is 0 Å². The summed E-state index contributed by atoms with van der Waals surface area (Å²) in [5.41, 5.74) is 8.92. The molecule has 10 rings (SSSR count). The van der Waals surface area contributed by atoms with E-state index in [1.807, 2.05) is 60.0 Å². The van der Waals surface area contributed by atoms with Gasteiger partial charge in [-0.15, -0.1) is 0 Å². The number of aromatic nitrogens is 8. The molecule has 0 amide bonds. The number of benzene rings is 2. The molecule has 4 atom stereocenters. The van der Waals surface area contributed by atoms with Gasteiger partial charge in [0, 0.05) is 104 Å². The molecule has 2 fully saturated rings. The summed E-state index contributed by atoms with van der Waals surface area (Å²) in [6, 6.07) is 10.6. The number of hydrogen-bond acceptors (Lipinski definition) is 12. The Morgan fingerprint density at radius 2 is 0.867 bits per heavy atom. The van der Waals surface area contributed by atoms with Crippen molar-refractivity contribution in [2.45, 2.75) is 248 Å². The van der Waals surface area contributed by atoms with Gasteiger partial charge in [0.1, 0.15) is 61.1 Å². The fraction of sp³-hybridized carbons (Fsp3) is 0.676. The first-order valence-corrected chi connectivity index (χ1v) is 47.8. The van der Waals surface area contributed by atoms with E-state index in [-0.39, 0.29) is 37.4 Å². The van der Waals surface area contributed by atoms with E-state index in [2.05, 4.69) is 92.4 Å². The summed E-state index contributed by atoms with van der Waals surface area (Å²) in [6.07, 6.45) is 5.96. The highest BCUT2D eigenvalue weighted by Crippen LogP contribution is 2.61. The number of carbonyl (C=O) groups is 2. The summed E-state index contributed by atoms with van der Waals surface area (Å²) in [7, 11) is -5.02. The van der Waals surface area contributed by atoms with Crippen molar-refractivity contribution in [3.8, 4) is 23.0 Å². The van der Waals surface area contributed by atoms with Crippen molar-refractivity contribution in [3.05, 3.63) is 69.5 Å². The van der Waals surface area contributed by atoms with Crippen LogP contribution in [-0.2, 0) is 103 Å². The molecule has 2 aromatic carbocycles. The van der Waals surface area contributed by atoms with Crippen LogP contribution in [0.25, 0.3) is 45.1 Å². The van der Waals surface area contributed by atoms with E-state index in [0.717, 1.165) is 80.0 Å². The first kappa shape index (κ1) is 69.6. The molecule has 0 unspecified atom stereocenters. The van der Waals surface area contributed by atoms with E-state index in [0.29, 0.717) is 77.5 Å². The maximum Gasteiger partial charge on any atom is 0.310 e. The molecule has 0 bridgehead atoms. The standard InChI is InChI=1S/2C34H53FN4O4Si2/c1-33(2,3)43-30(40)16-23-15-28-27(18-26(23)35)36-32(38(28)21-41-11-13-44(5,6)7)31-25-17-24-19-34(24,4)20-29(25)39(37-31)22-42-12-14-45(8,9)10;1-33(2,3)43-30(40)16-23-15-27-28(18-26(23)35)38(21-41-11-13-44(5,6)7)32(36-27)31-25-17-24-19-34(24,4)20-29(25)39(37-31)22-42-12-14-45(8,9)10/h2*15,18,24H,11-14,16-17,19-22H2,1-10H3/t2*24-,34-/m11/s1. The van der Waals surface area contributed by atoms with Crippen LogP contribution in [0.3, 0.4) is 0 Å². The fourth-order valence-electron chi connectivity index (χ4n) is 12.3. The first-order chi connectivity index (χ1) is 41.6. The number of hydrogen-bond donors (Lipinski definition) is 0. The maximum absolute atomic E-state index is 15.6. The van der Waals surface area contributed by atoms with Gasteiger partial charge in [-0.2, -0.15) is 10.2 Å². The number of rotatable bonds is 26. The molecule has 4 heterocycles. The Bertz CT molecular complexity index is 3500. The minimum Gasteiger partial charge on any atom is -0.460 e. The van der Waals surface area contributed by atoms with E-state index in [4.69, 9.17) is 48.6 Å². The normalized spacial score (nSPS) is 19.9. The minimum atomic E-state index is -1.30. The minimum absolute atomic E-state index is 0.158. The highest BCUT2D eigenvalue weighted by molar-refractivity contribution is 6.77. The lowest BCUT2D eigenvalue weighted by atomic mass is 9.87. The van der Waals surface area contributed by atoms with Crippen molar-refractivity contribution in [3.63, 3.8) is 0 Å². The summed E-state index contributed by atoms with van der Waals surface area (Å²) < 4.78 is 74.9. The second-order valence-electron chi connectivity index (χ2n) is 33.9. The molecule has 22 heteroatoms. The third kappa shape index (κ3) is 18.0. The van der Waals surface area contributed by atoms with Gasteiger partial charge in [-0.3, -0.25) is 18.7 Å². The quantitative estimate of drug-likeness (QED) is 0.0288. The lowest BCUT2D eigenvalue weighted by molar-refractivity contribution is -0.155. The molecule has 90 heavy (non-hydrogen) atoms. The Balaban J connectivity index is 0.000000213. The Kier molecular flexibility index (Phi) is 20.3. The lowest BCUT2D eigenvalue weighted by Gasteiger charge is -2.21. The monoisotopic (exact) mass is 1310 g/mol. The van der Waals surface area contributed by atoms with Gasteiger partial charge in [0.05, 0.1) is 34.9 Å². The molecule has 496 valence electrons. The van der Waals surface area contributed by atoms with Crippen LogP contribution in [0.15, 0.2) is 24.3 Å². The van der Waals surface area contributed by atoms with Crippen LogP contribution in [0.5, 0.6) is 0 Å². The molecular weight excluding hydrogens is 1210 g/mol. The zero-order valence-corrected chi connectivity index (χ0v) is 62.2. The molecule has 0 saturated heterocycles. The molecule has 0 radical (unpaired) electrons. The highest BCUT2D eigenvalue weighted by Gasteiger charge is 2.55. The molecule has 16 nitrogen and oxygen atoms in total. The molecular formula is C68H106F2N8O8Si4. The number of carbonyl (C=O) groups excluding carboxylic acids is 2. The van der Waals surface area contributed by atoms with Crippen LogP contribution in [0, 0.1) is 34.3 Å². The smallest absolute Gasteiger partial charge is 0.310 e. The highest BCUT2D eigenvalue weighted by atomic mass is 28.3. The van der Waals surface area contributed by atoms with Crippen molar-refractivity contribution < 1.29 is 46.8 Å². The second kappa shape index (κ2) is 26.2. The predicted octanol–water partition coefficient (Wildman–Crippen LogP) is 15.3. The molecule has 0 spiro atoms. The van der Waals surface area contributed by atoms with Gasteiger partial charge in [0.25, 0.3) is 0 Å². The number of esters is 2. The van der Waals surface area contributed by atoms with Gasteiger partial charge in [-0.25, -0.2) is 28.1 Å². The molecule has 0 N–H and O–H groups in total. The zero-order chi connectivity index (χ0) is 65.9. The van der Waals surface area contributed by atoms with E-state index in [1.165, 1.54) is 47.5 Å². The number of imidazole rings is 2. The van der Waals surface area contributed by atoms with Crippen LogP contribution >= 0.6 is 0 Å². The van der Waals surface area contributed by atoms with Crippen molar-refractivity contribution >= 4 is 66.3 Å². The van der Waals surface area contributed by atoms with Crippen molar-refractivity contribution in [2.24, 2.45) is 22.7 Å². The van der Waals surface area contributed by atoms with Crippen molar-refractivity contribution in [1.82, 2.24) is 38.7 Å². The van der Waals surface area contributed by atoms with E-state index < -0.39 is 67.1 Å². The number of halogens is 2. The average molecular weight is 1310 g/mol. The summed E-state index contributed by atoms with van der Waals surface area (Å²) in [6.45, 7) is 47.8. The summed E-state index contributed by atoms with van der Waals surface area (Å²) in [5, 5.41) is 10.3. The zero-order valence-electron chi connectivity index (χ0n) is 58.2. The van der Waals surface area contributed by atoms with E-state index in [1.54, 1.807) is 12.1 Å². The number of nitrogens with zero attached hydrogens (tertiary/aromatic N) is 8. The van der Waals surface area contributed by atoms with Crippen LogP contribution in [0.1, 0.15) is 102 Å². The van der Waals surface area contributed by atoms with E-state index in [9.17, 15) is 9.59 Å². The third-order valence-electron chi connectivity index (χ3n) is 18.1. The van der Waals surface area contributed by atoms with Crippen molar-refractivity contribution in [1.29, 1.82) is 0 Å². The number of ether oxygens (including phenoxy) is 6. The average Bonchev–Trinajstić information content (AvgIpc) is 1.56. The fourth-order valence-corrected chi connectivity index (χ4v) is 15.3. The van der Waals surface area contributed by atoms with Gasteiger partial charge in [-0.05, 0) is 139 Å². The van der Waals surface area contributed by atoms with E-state index >= 15 is 8.78 Å². The van der Waals surface area contributed by atoms with Gasteiger partial charge in [0.15, 0.2) is 11.6 Å². The van der Waals surface area contributed by atoms with Crippen LogP contribution in [-0.4, -0.2) is 121 Å². The Morgan fingerprint density at radius 3 is 1.24 bits per heavy atom. The SMILES string of the molecule is CC(C)(C)OC(=O)Cc1cc2c(cc1F)nc(-c1nn(COCC[Si](C)(C)C)c3c1C[C@@H]1C[C@]1(C)C3)n2COCC[Si](C)(C)C.CC(C)(C)OC(=O)Cc1cc2nc(-c3nn(COCC[Si](C)(C)C)c4c3C[C@@H]3C[C@]3(C)C4)n(COCC[Si](C)(C)C)c2cc1F. The predicted molar refractivity (Wildman–Crippen MR) is 365 cm³/mol. The molecule has 6 aromatic rings. The number of fused-ring (bicyclic) bond motifs is 6. The molecule has 4 aromatic heterocycles. The molecule has 0 aliphatic heterocycles. The molecule has 2 saturated carbocycles. The summed E-state index contributed by atoms with van der Waals surface area (Å²) in [4.78, 5) is 35.3. The second-order valence-corrected chi connectivity index (χ2v) is 56.4. The van der Waals surface area contributed by atoms with Crippen LogP contribution in [0.4, 0.5) is 8.78 Å². The summed E-state index contributed by atoms with van der Waals surface area (Å²) in [5.74, 6) is 0.760. The topological polar surface area (TPSA) is 161 Å². The Labute approximate surface area is 538 Å². The lowest BCUT2D eigenvalue weighted by Crippen LogP contribution is -2.25. The maximum atomic E-state index is 15.6. The Hall–Kier alpha value is -4.69. The molecule has 4 aliphatic carbocycles. The summed E-state index contributed by atoms with van der Waals surface area (Å²) >= 11 is 0. The van der Waals surface area contributed by atoms with Crippen LogP contribution in [0.2, 0.25) is 103 Å².